The largest absolute Gasteiger partial charge is 0.495 e. The molecule has 5 nitrogen and oxygen atoms in total. The fraction of sp³-hybridized carbons (Fsp3) is 0.222. The van der Waals surface area contributed by atoms with E-state index < -0.39 is 10.0 Å². The maximum atomic E-state index is 12.5. The Morgan fingerprint density at radius 2 is 1.96 bits per heavy atom. The van der Waals surface area contributed by atoms with Crippen LogP contribution in [0.2, 0.25) is 5.02 Å². The van der Waals surface area contributed by atoms with E-state index in [4.69, 9.17) is 20.8 Å². The maximum absolute atomic E-state index is 12.5. The molecule has 0 saturated heterocycles. The van der Waals surface area contributed by atoms with Crippen molar-refractivity contribution in [1.29, 1.82) is 0 Å². The number of methoxy groups -OCH3 is 1. The predicted octanol–water partition coefficient (Wildman–Crippen LogP) is 4.00. The molecule has 0 aliphatic heterocycles. The Balaban J connectivity index is 1.74. The molecule has 0 amide bonds. The molecule has 0 fully saturated rings. The van der Waals surface area contributed by atoms with Crippen LogP contribution < -0.4 is 9.46 Å². The van der Waals surface area contributed by atoms with Crippen molar-refractivity contribution in [2.45, 2.75) is 24.3 Å². The Morgan fingerprint density at radius 1 is 1.20 bits per heavy atom. The van der Waals surface area contributed by atoms with E-state index >= 15 is 0 Å². The van der Waals surface area contributed by atoms with Gasteiger partial charge in [-0.2, -0.15) is 0 Å². The smallest absolute Gasteiger partial charge is 0.240 e. The quantitative estimate of drug-likeness (QED) is 0.702. The molecule has 0 aliphatic carbocycles. The van der Waals surface area contributed by atoms with Crippen LogP contribution in [-0.2, 0) is 16.4 Å². The predicted molar refractivity (Wildman–Crippen MR) is 97.7 cm³/mol. The number of para-hydroxylation sites is 1. The first-order valence-corrected chi connectivity index (χ1v) is 9.58. The summed E-state index contributed by atoms with van der Waals surface area (Å²) < 4.78 is 38.5. The number of halogens is 1. The van der Waals surface area contributed by atoms with Crippen LogP contribution in [0.1, 0.15) is 12.7 Å². The lowest BCUT2D eigenvalue weighted by Gasteiger charge is -2.14. The molecule has 0 saturated carbocycles. The van der Waals surface area contributed by atoms with E-state index in [0.717, 1.165) is 16.7 Å². The van der Waals surface area contributed by atoms with Crippen molar-refractivity contribution in [2.24, 2.45) is 0 Å². The molecule has 7 heteroatoms. The zero-order valence-electron chi connectivity index (χ0n) is 13.8. The van der Waals surface area contributed by atoms with Gasteiger partial charge in [0.25, 0.3) is 0 Å². The van der Waals surface area contributed by atoms with Crippen LogP contribution in [0, 0.1) is 0 Å². The first-order chi connectivity index (χ1) is 11.9. The molecule has 1 aromatic heterocycles. The van der Waals surface area contributed by atoms with Crippen molar-refractivity contribution >= 4 is 32.6 Å². The van der Waals surface area contributed by atoms with Crippen LogP contribution in [0.4, 0.5) is 0 Å². The van der Waals surface area contributed by atoms with E-state index in [1.165, 1.54) is 25.3 Å². The third-order valence-corrected chi connectivity index (χ3v) is 5.66. The lowest BCUT2D eigenvalue weighted by Crippen LogP contribution is -2.34. The highest BCUT2D eigenvalue weighted by Gasteiger charge is 2.20. The monoisotopic (exact) mass is 379 g/mol. The summed E-state index contributed by atoms with van der Waals surface area (Å²) in [6.45, 7) is 1.79. The zero-order valence-corrected chi connectivity index (χ0v) is 15.4. The van der Waals surface area contributed by atoms with Gasteiger partial charge >= 0.3 is 0 Å². The molecule has 0 aliphatic rings. The highest BCUT2D eigenvalue weighted by atomic mass is 35.5. The Morgan fingerprint density at radius 3 is 2.64 bits per heavy atom. The summed E-state index contributed by atoms with van der Waals surface area (Å²) in [6, 6.07) is 13.6. The number of hydrogen-bond acceptors (Lipinski definition) is 4. The second-order valence-corrected chi connectivity index (χ2v) is 7.89. The van der Waals surface area contributed by atoms with Crippen molar-refractivity contribution in [2.75, 3.05) is 7.11 Å². The van der Waals surface area contributed by atoms with Crippen molar-refractivity contribution in [3.8, 4) is 5.75 Å². The van der Waals surface area contributed by atoms with E-state index in [0.29, 0.717) is 12.2 Å². The molecule has 0 bridgehead atoms. The maximum Gasteiger partial charge on any atom is 0.240 e. The second kappa shape index (κ2) is 7.07. The minimum atomic E-state index is -3.69. The molecule has 0 unspecified atom stereocenters. The molecule has 132 valence electrons. The Bertz CT molecular complexity index is 964. The first kappa shape index (κ1) is 17.8. The third kappa shape index (κ3) is 3.98. The summed E-state index contributed by atoms with van der Waals surface area (Å²) in [5.41, 5.74) is 0.787. The van der Waals surface area contributed by atoms with E-state index in [1.54, 1.807) is 6.92 Å². The Hall–Kier alpha value is -2.02. The van der Waals surface area contributed by atoms with Crippen molar-refractivity contribution in [1.82, 2.24) is 4.72 Å². The summed E-state index contributed by atoms with van der Waals surface area (Å²) in [6.07, 6.45) is 0.442. The minimum Gasteiger partial charge on any atom is -0.495 e. The number of hydrogen-bond donors (Lipinski definition) is 1. The lowest BCUT2D eigenvalue weighted by atomic mass is 10.2. The van der Waals surface area contributed by atoms with Gasteiger partial charge < -0.3 is 9.15 Å². The lowest BCUT2D eigenvalue weighted by molar-refractivity contribution is 0.414. The van der Waals surface area contributed by atoms with E-state index in [2.05, 4.69) is 4.72 Å². The fourth-order valence-electron chi connectivity index (χ4n) is 2.63. The van der Waals surface area contributed by atoms with Gasteiger partial charge in [-0.1, -0.05) is 29.8 Å². The van der Waals surface area contributed by atoms with Crippen molar-refractivity contribution in [3.63, 3.8) is 0 Å². The second-order valence-electron chi connectivity index (χ2n) is 5.77. The van der Waals surface area contributed by atoms with Crippen LogP contribution in [0.3, 0.4) is 0 Å². The van der Waals surface area contributed by atoms with Gasteiger partial charge in [0.05, 0.1) is 17.0 Å². The van der Waals surface area contributed by atoms with Gasteiger partial charge in [-0.15, -0.1) is 0 Å². The number of fused-ring (bicyclic) bond motifs is 1. The van der Waals surface area contributed by atoms with E-state index in [9.17, 15) is 8.42 Å². The summed E-state index contributed by atoms with van der Waals surface area (Å²) in [5.74, 6) is 1.15. The summed E-state index contributed by atoms with van der Waals surface area (Å²) in [7, 11) is -2.21. The average molecular weight is 380 g/mol. The fourth-order valence-corrected chi connectivity index (χ4v) is 4.22. The SMILES string of the molecule is COc1ccc(S(=O)(=O)N[C@H](C)Cc2cc3ccccc3o2)cc1Cl. The van der Waals surface area contributed by atoms with E-state index in [1.807, 2.05) is 30.3 Å². The normalized spacial score (nSPS) is 13.1. The molecule has 1 N–H and O–H groups in total. The third-order valence-electron chi connectivity index (χ3n) is 3.77. The highest BCUT2D eigenvalue weighted by Crippen LogP contribution is 2.27. The number of furan rings is 1. The Kier molecular flexibility index (Phi) is 5.03. The van der Waals surface area contributed by atoms with Gasteiger partial charge in [0.2, 0.25) is 10.0 Å². The zero-order chi connectivity index (χ0) is 18.0. The van der Waals surface area contributed by atoms with Gasteiger partial charge in [-0.3, -0.25) is 0 Å². The van der Waals surface area contributed by atoms with Crippen LogP contribution in [0.25, 0.3) is 11.0 Å². The number of sulfonamides is 1. The molecule has 3 rings (SSSR count). The summed E-state index contributed by atoms with van der Waals surface area (Å²) >= 11 is 6.01. The number of benzene rings is 2. The molecular formula is C18H18ClNO4S. The van der Waals surface area contributed by atoms with Crippen LogP contribution in [0.5, 0.6) is 5.75 Å². The van der Waals surface area contributed by atoms with Gasteiger partial charge in [0.15, 0.2) is 0 Å². The van der Waals surface area contributed by atoms with Gasteiger partial charge in [0.1, 0.15) is 17.1 Å². The van der Waals surface area contributed by atoms with Crippen molar-refractivity contribution < 1.29 is 17.6 Å². The van der Waals surface area contributed by atoms with Gasteiger partial charge in [-0.25, -0.2) is 13.1 Å². The topological polar surface area (TPSA) is 68.5 Å². The number of rotatable bonds is 6. The molecule has 2 aromatic carbocycles. The molecular weight excluding hydrogens is 362 g/mol. The number of nitrogens with one attached hydrogen (secondary N) is 1. The van der Waals surface area contributed by atoms with Crippen molar-refractivity contribution in [3.05, 3.63) is 59.3 Å². The van der Waals surface area contributed by atoms with Gasteiger partial charge in [-0.05, 0) is 37.3 Å². The molecule has 3 aromatic rings. The summed E-state index contributed by atoms with van der Waals surface area (Å²) in [4.78, 5) is 0.0924. The Labute approximate surface area is 151 Å². The molecule has 25 heavy (non-hydrogen) atoms. The average Bonchev–Trinajstić information content (AvgIpc) is 2.96. The van der Waals surface area contributed by atoms with Crippen LogP contribution in [-0.4, -0.2) is 21.6 Å². The van der Waals surface area contributed by atoms with Crippen LogP contribution >= 0.6 is 11.6 Å². The van der Waals surface area contributed by atoms with Gasteiger partial charge in [0, 0.05) is 17.8 Å². The molecule has 0 spiro atoms. The number of ether oxygens (including phenoxy) is 1. The first-order valence-electron chi connectivity index (χ1n) is 7.72. The van der Waals surface area contributed by atoms with E-state index in [-0.39, 0.29) is 16.0 Å². The molecule has 1 atom stereocenters. The summed E-state index contributed by atoms with van der Waals surface area (Å²) in [5, 5.41) is 1.24. The van der Waals surface area contributed by atoms with Crippen LogP contribution in [0.15, 0.2) is 57.8 Å². The molecule has 1 heterocycles. The minimum absolute atomic E-state index is 0.0924. The molecule has 0 radical (unpaired) electrons. The standard InChI is InChI=1S/C18H18ClNO4S/c1-12(9-14-10-13-5-3-4-6-17(13)24-14)20-25(21,22)15-7-8-18(23-2)16(19)11-15/h3-8,10-12,20H,9H2,1-2H3/t12-/m1/s1. The highest BCUT2D eigenvalue weighted by molar-refractivity contribution is 7.89.